The van der Waals surface area contributed by atoms with Gasteiger partial charge in [0.2, 0.25) is 5.91 Å². The van der Waals surface area contributed by atoms with E-state index in [1.54, 1.807) is 0 Å². The average Bonchev–Trinajstić information content (AvgIpc) is 2.37. The number of aliphatic hydroxyl groups is 1. The van der Waals surface area contributed by atoms with Crippen molar-refractivity contribution in [3.8, 4) is 0 Å². The third-order valence-corrected chi connectivity index (χ3v) is 3.84. The largest absolute Gasteiger partial charge is 0.394 e. The Balaban J connectivity index is 2.41. The van der Waals surface area contributed by atoms with Crippen LogP contribution in [-0.2, 0) is 4.79 Å². The Hall–Kier alpha value is -0.610. The summed E-state index contributed by atoms with van der Waals surface area (Å²) < 4.78 is 0. The first-order chi connectivity index (χ1) is 8.56. The van der Waals surface area contributed by atoms with E-state index in [1.807, 2.05) is 18.7 Å². The molecule has 1 heterocycles. The molecule has 0 aromatic carbocycles. The molecular formula is C14H28N2O2. The Morgan fingerprint density at radius 2 is 2.11 bits per heavy atom. The maximum absolute atomic E-state index is 12.3. The quantitative estimate of drug-likeness (QED) is 0.757. The number of hydrogen-bond acceptors (Lipinski definition) is 3. The number of carbonyl (C=O) groups is 1. The number of amides is 1. The van der Waals surface area contributed by atoms with E-state index in [-0.39, 0.29) is 30.5 Å². The SMILES string of the molecule is CC(N)CCCC(C)C(=O)N1CCCCC1CO. The first-order valence-corrected chi connectivity index (χ1v) is 7.23. The molecule has 18 heavy (non-hydrogen) atoms. The van der Waals surface area contributed by atoms with E-state index >= 15 is 0 Å². The lowest BCUT2D eigenvalue weighted by atomic mass is 9.96. The molecule has 0 radical (unpaired) electrons. The molecule has 0 bridgehead atoms. The van der Waals surface area contributed by atoms with Gasteiger partial charge in [0.25, 0.3) is 0 Å². The second kappa shape index (κ2) is 7.74. The predicted octanol–water partition coefficient (Wildman–Crippen LogP) is 1.51. The molecule has 0 aromatic heterocycles. The van der Waals surface area contributed by atoms with Crippen molar-refractivity contribution >= 4 is 5.91 Å². The molecule has 1 amide bonds. The van der Waals surface area contributed by atoms with Gasteiger partial charge in [-0.15, -0.1) is 0 Å². The standard InChI is InChI=1S/C14H28N2O2/c1-11(6-5-7-12(2)15)14(18)16-9-4-3-8-13(16)10-17/h11-13,17H,3-10,15H2,1-2H3. The van der Waals surface area contributed by atoms with Gasteiger partial charge in [0.1, 0.15) is 0 Å². The Morgan fingerprint density at radius 3 is 2.72 bits per heavy atom. The van der Waals surface area contributed by atoms with E-state index < -0.39 is 0 Å². The molecule has 4 heteroatoms. The van der Waals surface area contributed by atoms with Gasteiger partial charge in [0.05, 0.1) is 12.6 Å². The lowest BCUT2D eigenvalue weighted by Crippen LogP contribution is -2.47. The number of carbonyl (C=O) groups excluding carboxylic acids is 1. The molecule has 1 aliphatic heterocycles. The molecule has 1 saturated heterocycles. The summed E-state index contributed by atoms with van der Waals surface area (Å²) in [6, 6.07) is 0.259. The number of hydrogen-bond donors (Lipinski definition) is 2. The zero-order valence-electron chi connectivity index (χ0n) is 11.8. The van der Waals surface area contributed by atoms with Crippen molar-refractivity contribution in [3.63, 3.8) is 0 Å². The second-order valence-electron chi connectivity index (χ2n) is 5.67. The smallest absolute Gasteiger partial charge is 0.225 e. The summed E-state index contributed by atoms with van der Waals surface area (Å²) >= 11 is 0. The number of nitrogens with zero attached hydrogens (tertiary/aromatic N) is 1. The summed E-state index contributed by atoms with van der Waals surface area (Å²) in [5.41, 5.74) is 5.71. The van der Waals surface area contributed by atoms with Crippen LogP contribution >= 0.6 is 0 Å². The lowest BCUT2D eigenvalue weighted by Gasteiger charge is -2.36. The predicted molar refractivity (Wildman–Crippen MR) is 73.1 cm³/mol. The summed E-state index contributed by atoms with van der Waals surface area (Å²) in [7, 11) is 0. The number of rotatable bonds is 6. The van der Waals surface area contributed by atoms with Crippen molar-refractivity contribution < 1.29 is 9.90 Å². The molecule has 1 fully saturated rings. The van der Waals surface area contributed by atoms with Crippen LogP contribution in [0, 0.1) is 5.92 Å². The Morgan fingerprint density at radius 1 is 1.39 bits per heavy atom. The van der Waals surface area contributed by atoms with Gasteiger partial charge < -0.3 is 15.7 Å². The molecule has 3 atom stereocenters. The average molecular weight is 256 g/mol. The van der Waals surface area contributed by atoms with Gasteiger partial charge in [-0.2, -0.15) is 0 Å². The van der Waals surface area contributed by atoms with Crippen LogP contribution in [0.2, 0.25) is 0 Å². The fraction of sp³-hybridized carbons (Fsp3) is 0.929. The van der Waals surface area contributed by atoms with Crippen LogP contribution in [0.5, 0.6) is 0 Å². The molecule has 1 rings (SSSR count). The molecule has 3 unspecified atom stereocenters. The van der Waals surface area contributed by atoms with Crippen LogP contribution in [0.15, 0.2) is 0 Å². The van der Waals surface area contributed by atoms with Crippen molar-refractivity contribution in [1.82, 2.24) is 4.90 Å². The van der Waals surface area contributed by atoms with Crippen molar-refractivity contribution in [3.05, 3.63) is 0 Å². The topological polar surface area (TPSA) is 66.6 Å². The van der Waals surface area contributed by atoms with E-state index in [0.717, 1.165) is 45.1 Å². The Kier molecular flexibility index (Phi) is 6.65. The van der Waals surface area contributed by atoms with Crippen LogP contribution < -0.4 is 5.73 Å². The highest BCUT2D eigenvalue weighted by Gasteiger charge is 2.28. The summed E-state index contributed by atoms with van der Waals surface area (Å²) in [5, 5.41) is 9.33. The first-order valence-electron chi connectivity index (χ1n) is 7.23. The molecule has 0 saturated carbocycles. The minimum atomic E-state index is 0.0436. The van der Waals surface area contributed by atoms with Crippen LogP contribution in [0.4, 0.5) is 0 Å². The minimum Gasteiger partial charge on any atom is -0.394 e. The van der Waals surface area contributed by atoms with Crippen LogP contribution in [0.1, 0.15) is 52.4 Å². The van der Waals surface area contributed by atoms with Crippen LogP contribution in [0.3, 0.4) is 0 Å². The Labute approximate surface area is 111 Å². The molecule has 4 nitrogen and oxygen atoms in total. The van der Waals surface area contributed by atoms with Gasteiger partial charge in [0, 0.05) is 18.5 Å². The second-order valence-corrected chi connectivity index (χ2v) is 5.67. The maximum Gasteiger partial charge on any atom is 0.225 e. The summed E-state index contributed by atoms with van der Waals surface area (Å²) in [4.78, 5) is 14.2. The lowest BCUT2D eigenvalue weighted by molar-refractivity contribution is -0.140. The molecule has 0 aliphatic carbocycles. The van der Waals surface area contributed by atoms with Crippen molar-refractivity contribution in [2.45, 2.75) is 64.5 Å². The van der Waals surface area contributed by atoms with Crippen LogP contribution in [0.25, 0.3) is 0 Å². The normalized spacial score (nSPS) is 23.8. The summed E-state index contributed by atoms with van der Waals surface area (Å²) in [6.45, 7) is 4.89. The van der Waals surface area contributed by atoms with E-state index in [9.17, 15) is 9.90 Å². The molecule has 1 aliphatic rings. The number of nitrogens with two attached hydrogens (primary N) is 1. The number of likely N-dealkylation sites (tertiary alicyclic amines) is 1. The highest BCUT2D eigenvalue weighted by Crippen LogP contribution is 2.21. The zero-order valence-corrected chi connectivity index (χ0v) is 11.8. The highest BCUT2D eigenvalue weighted by atomic mass is 16.3. The van der Waals surface area contributed by atoms with Gasteiger partial charge >= 0.3 is 0 Å². The van der Waals surface area contributed by atoms with Gasteiger partial charge in [0.15, 0.2) is 0 Å². The minimum absolute atomic E-state index is 0.0436. The fourth-order valence-electron chi connectivity index (χ4n) is 2.63. The van der Waals surface area contributed by atoms with Gasteiger partial charge in [-0.3, -0.25) is 4.79 Å². The van der Waals surface area contributed by atoms with E-state index in [1.165, 1.54) is 0 Å². The third-order valence-electron chi connectivity index (χ3n) is 3.84. The van der Waals surface area contributed by atoms with Gasteiger partial charge in [-0.05, 0) is 39.0 Å². The monoisotopic (exact) mass is 256 g/mol. The van der Waals surface area contributed by atoms with E-state index in [4.69, 9.17) is 5.73 Å². The summed E-state index contributed by atoms with van der Waals surface area (Å²) in [5.74, 6) is 0.259. The molecule has 0 aromatic rings. The van der Waals surface area contributed by atoms with Crippen molar-refractivity contribution in [2.75, 3.05) is 13.2 Å². The number of piperidine rings is 1. The molecule has 106 valence electrons. The molecule has 0 spiro atoms. The maximum atomic E-state index is 12.3. The first kappa shape index (κ1) is 15.4. The number of aliphatic hydroxyl groups excluding tert-OH is 1. The van der Waals surface area contributed by atoms with Crippen LogP contribution in [-0.4, -0.2) is 41.1 Å². The summed E-state index contributed by atoms with van der Waals surface area (Å²) in [6.07, 6.45) is 6.00. The highest BCUT2D eigenvalue weighted by molar-refractivity contribution is 5.78. The van der Waals surface area contributed by atoms with Gasteiger partial charge in [-0.1, -0.05) is 13.3 Å². The zero-order chi connectivity index (χ0) is 13.5. The molecule has 3 N–H and O–H groups in total. The van der Waals surface area contributed by atoms with E-state index in [2.05, 4.69) is 0 Å². The molecular weight excluding hydrogens is 228 g/mol. The van der Waals surface area contributed by atoms with E-state index in [0.29, 0.717) is 0 Å². The Bertz CT molecular complexity index is 256. The van der Waals surface area contributed by atoms with Crippen molar-refractivity contribution in [2.24, 2.45) is 11.7 Å². The van der Waals surface area contributed by atoms with Crippen molar-refractivity contribution in [1.29, 1.82) is 0 Å². The fourth-order valence-corrected chi connectivity index (χ4v) is 2.63. The van der Waals surface area contributed by atoms with Gasteiger partial charge in [-0.25, -0.2) is 0 Å². The third kappa shape index (κ3) is 4.58.